The molecule has 0 spiro atoms. The zero-order valence-corrected chi connectivity index (χ0v) is 18.9. The Morgan fingerprint density at radius 1 is 1.06 bits per heavy atom. The van der Waals surface area contributed by atoms with Gasteiger partial charge in [0.1, 0.15) is 5.75 Å². The van der Waals surface area contributed by atoms with Crippen LogP contribution in [-0.4, -0.2) is 47.9 Å². The average Bonchev–Trinajstić information content (AvgIpc) is 3.47. The molecule has 2 heterocycles. The van der Waals surface area contributed by atoms with E-state index in [1.165, 1.54) is 0 Å². The second kappa shape index (κ2) is 9.09. The van der Waals surface area contributed by atoms with Crippen molar-refractivity contribution in [3.05, 3.63) is 70.9 Å². The van der Waals surface area contributed by atoms with Crippen LogP contribution in [0.2, 0.25) is 0 Å². The minimum Gasteiger partial charge on any atom is -0.497 e. The minimum absolute atomic E-state index is 0.218. The van der Waals surface area contributed by atoms with Crippen molar-refractivity contribution in [3.8, 4) is 5.75 Å². The highest BCUT2D eigenvalue weighted by atomic mass is 16.5. The third kappa shape index (κ3) is 4.05. The minimum atomic E-state index is -0.569. The van der Waals surface area contributed by atoms with Gasteiger partial charge in [0.2, 0.25) is 5.91 Å². The van der Waals surface area contributed by atoms with Crippen molar-refractivity contribution in [3.63, 3.8) is 0 Å². The number of fused-ring (bicyclic) bond motifs is 2. The number of ether oxygens (including phenoxy) is 2. The molecule has 172 valence electrons. The molecule has 1 aliphatic heterocycles. The fourth-order valence-electron chi connectivity index (χ4n) is 4.60. The Labute approximate surface area is 197 Å². The molecule has 34 heavy (non-hydrogen) atoms. The molecule has 1 aliphatic carbocycles. The van der Waals surface area contributed by atoms with Crippen molar-refractivity contribution >= 4 is 40.3 Å². The van der Waals surface area contributed by atoms with Crippen LogP contribution in [0, 0.1) is 0 Å². The van der Waals surface area contributed by atoms with Crippen molar-refractivity contribution in [1.29, 1.82) is 0 Å². The first-order valence-electron chi connectivity index (χ1n) is 11.3. The molecule has 0 atom stereocenters. The third-order valence-electron chi connectivity index (χ3n) is 6.30. The van der Waals surface area contributed by atoms with Gasteiger partial charge in [0.15, 0.2) is 6.61 Å². The molecular formula is C27H24N2O5. The van der Waals surface area contributed by atoms with Crippen LogP contribution < -0.4 is 4.74 Å². The number of amides is 2. The van der Waals surface area contributed by atoms with Gasteiger partial charge in [0.25, 0.3) is 5.91 Å². The van der Waals surface area contributed by atoms with Crippen LogP contribution in [0.3, 0.4) is 0 Å². The van der Waals surface area contributed by atoms with Crippen LogP contribution in [0.25, 0.3) is 22.6 Å². The van der Waals surface area contributed by atoms with Gasteiger partial charge in [-0.25, -0.2) is 9.78 Å². The highest BCUT2D eigenvalue weighted by Crippen LogP contribution is 2.38. The Hall–Kier alpha value is -4.00. The fourth-order valence-corrected chi connectivity index (χ4v) is 4.60. The Bertz CT molecular complexity index is 1330. The molecule has 1 aromatic heterocycles. The summed E-state index contributed by atoms with van der Waals surface area (Å²) in [6.45, 7) is -0.0765. The summed E-state index contributed by atoms with van der Waals surface area (Å²) in [7, 11) is 1.63. The number of rotatable bonds is 5. The second-order valence-corrected chi connectivity index (χ2v) is 8.39. The van der Waals surface area contributed by atoms with Gasteiger partial charge < -0.3 is 9.47 Å². The summed E-state index contributed by atoms with van der Waals surface area (Å²) >= 11 is 0. The smallest absolute Gasteiger partial charge is 0.339 e. The van der Waals surface area contributed by atoms with Crippen LogP contribution in [0.4, 0.5) is 0 Å². The lowest BCUT2D eigenvalue weighted by Gasteiger charge is -2.15. The van der Waals surface area contributed by atoms with E-state index >= 15 is 0 Å². The Kier molecular flexibility index (Phi) is 5.84. The summed E-state index contributed by atoms with van der Waals surface area (Å²) < 4.78 is 10.7. The maximum absolute atomic E-state index is 13.2. The fraction of sp³-hybridized carbons (Fsp3) is 0.259. The number of aromatic nitrogens is 1. The van der Waals surface area contributed by atoms with Gasteiger partial charge in [0.05, 0.1) is 23.9 Å². The third-order valence-corrected chi connectivity index (χ3v) is 6.30. The van der Waals surface area contributed by atoms with E-state index in [1.807, 2.05) is 48.5 Å². The van der Waals surface area contributed by atoms with Crippen LogP contribution in [-0.2, 0) is 20.7 Å². The Balaban J connectivity index is 1.47. The lowest BCUT2D eigenvalue weighted by molar-refractivity contribution is -0.143. The standard InChI is InChI=1S/C27H24N2O5/c1-33-19-11-8-17(9-12-19)15-18-10-13-21-25(20-5-2-3-6-22(20)28-26(18)21)27(32)34-16-24(31)29-14-4-7-23(29)30/h2-3,5-6,8-9,11-12,15H,4,7,10,13-14,16H2,1H3. The number of imide groups is 1. The number of allylic oxidation sites excluding steroid dienone is 1. The molecule has 7 heteroatoms. The number of benzene rings is 2. The molecule has 7 nitrogen and oxygen atoms in total. The van der Waals surface area contributed by atoms with Gasteiger partial charge in [-0.2, -0.15) is 0 Å². The summed E-state index contributed by atoms with van der Waals surface area (Å²) in [5.74, 6) is -0.482. The molecule has 0 N–H and O–H groups in total. The van der Waals surface area contributed by atoms with Gasteiger partial charge in [-0.15, -0.1) is 0 Å². The molecule has 1 saturated heterocycles. The summed E-state index contributed by atoms with van der Waals surface area (Å²) in [5.41, 5.74) is 4.80. The quantitative estimate of drug-likeness (QED) is 0.539. The molecule has 0 saturated carbocycles. The average molecular weight is 456 g/mol. The first-order valence-corrected chi connectivity index (χ1v) is 11.3. The molecule has 1 fully saturated rings. The summed E-state index contributed by atoms with van der Waals surface area (Å²) in [6.07, 6.45) is 4.46. The highest BCUT2D eigenvalue weighted by molar-refractivity contribution is 6.08. The van der Waals surface area contributed by atoms with Crippen LogP contribution >= 0.6 is 0 Å². The summed E-state index contributed by atoms with van der Waals surface area (Å²) in [4.78, 5) is 43.4. The number of hydrogen-bond donors (Lipinski definition) is 0. The number of carbonyl (C=O) groups excluding carboxylic acids is 3. The summed E-state index contributed by atoms with van der Waals surface area (Å²) in [6, 6.07) is 15.2. The van der Waals surface area contributed by atoms with Gasteiger partial charge in [0, 0.05) is 18.4 Å². The van der Waals surface area contributed by atoms with E-state index in [2.05, 4.69) is 6.08 Å². The van der Waals surface area contributed by atoms with E-state index in [4.69, 9.17) is 14.5 Å². The van der Waals surface area contributed by atoms with Crippen molar-refractivity contribution in [1.82, 2.24) is 9.88 Å². The predicted octanol–water partition coefficient (Wildman–Crippen LogP) is 4.04. The van der Waals surface area contributed by atoms with Crippen molar-refractivity contribution in [2.75, 3.05) is 20.3 Å². The summed E-state index contributed by atoms with van der Waals surface area (Å²) in [5, 5.41) is 0.696. The molecule has 0 unspecified atom stereocenters. The first kappa shape index (κ1) is 21.8. The van der Waals surface area contributed by atoms with Gasteiger partial charge in [-0.05, 0) is 60.2 Å². The van der Waals surface area contributed by atoms with E-state index in [1.54, 1.807) is 7.11 Å². The number of esters is 1. The lowest BCUT2D eigenvalue weighted by atomic mass is 10.0. The van der Waals surface area contributed by atoms with Gasteiger partial charge in [-0.1, -0.05) is 30.3 Å². The second-order valence-electron chi connectivity index (χ2n) is 8.39. The topological polar surface area (TPSA) is 85.8 Å². The predicted molar refractivity (Wildman–Crippen MR) is 127 cm³/mol. The van der Waals surface area contributed by atoms with E-state index in [9.17, 15) is 14.4 Å². The SMILES string of the molecule is COc1ccc(C=C2CCc3c2nc2ccccc2c3C(=O)OCC(=O)N2CCCC2=O)cc1. The maximum Gasteiger partial charge on any atom is 0.339 e. The highest BCUT2D eigenvalue weighted by Gasteiger charge is 2.30. The Morgan fingerprint density at radius 3 is 2.59 bits per heavy atom. The number of likely N-dealkylation sites (tertiary alicyclic amines) is 1. The largest absolute Gasteiger partial charge is 0.497 e. The van der Waals surface area contributed by atoms with Crippen molar-refractivity contribution in [2.45, 2.75) is 25.7 Å². The van der Waals surface area contributed by atoms with Crippen molar-refractivity contribution < 1.29 is 23.9 Å². The van der Waals surface area contributed by atoms with Crippen LogP contribution in [0.1, 0.15) is 46.4 Å². The molecule has 3 aromatic rings. The number of nitrogens with zero attached hydrogens (tertiary/aromatic N) is 2. The van der Waals surface area contributed by atoms with E-state index < -0.39 is 18.5 Å². The van der Waals surface area contributed by atoms with Gasteiger partial charge in [-0.3, -0.25) is 14.5 Å². The number of methoxy groups -OCH3 is 1. The zero-order chi connectivity index (χ0) is 23.7. The molecule has 2 aliphatic rings. The normalized spacial score (nSPS) is 16.2. The first-order chi connectivity index (χ1) is 16.5. The monoisotopic (exact) mass is 456 g/mol. The molecule has 0 radical (unpaired) electrons. The van der Waals surface area contributed by atoms with E-state index in [-0.39, 0.29) is 5.91 Å². The van der Waals surface area contributed by atoms with Gasteiger partial charge >= 0.3 is 5.97 Å². The molecular weight excluding hydrogens is 432 g/mol. The van der Waals surface area contributed by atoms with Crippen LogP contribution in [0.5, 0.6) is 5.75 Å². The number of para-hydroxylation sites is 1. The van der Waals surface area contributed by atoms with Crippen molar-refractivity contribution in [2.24, 2.45) is 0 Å². The van der Waals surface area contributed by atoms with E-state index in [0.29, 0.717) is 42.3 Å². The number of pyridine rings is 1. The molecule has 2 aromatic carbocycles. The number of carbonyl (C=O) groups is 3. The number of hydrogen-bond acceptors (Lipinski definition) is 6. The van der Waals surface area contributed by atoms with Crippen LogP contribution in [0.15, 0.2) is 48.5 Å². The van der Waals surface area contributed by atoms with E-state index in [0.717, 1.165) is 39.5 Å². The molecule has 0 bridgehead atoms. The maximum atomic E-state index is 13.2. The lowest BCUT2D eigenvalue weighted by Crippen LogP contribution is -2.35. The zero-order valence-electron chi connectivity index (χ0n) is 18.9. The Morgan fingerprint density at radius 2 is 1.85 bits per heavy atom. The molecule has 2 amide bonds. The molecule has 5 rings (SSSR count).